The van der Waals surface area contributed by atoms with Crippen molar-refractivity contribution in [3.8, 4) is 0 Å². The summed E-state index contributed by atoms with van der Waals surface area (Å²) in [6.45, 7) is 1.52. The van der Waals surface area contributed by atoms with Crippen LogP contribution in [0.3, 0.4) is 0 Å². The molecule has 1 N–H and O–H groups in total. The first-order chi connectivity index (χ1) is 11.9. The average molecular weight is 345 g/mol. The Morgan fingerprint density at radius 1 is 1.08 bits per heavy atom. The van der Waals surface area contributed by atoms with Gasteiger partial charge in [-0.25, -0.2) is 8.78 Å². The third-order valence-electron chi connectivity index (χ3n) is 4.63. The molecule has 1 aliphatic heterocycles. The summed E-state index contributed by atoms with van der Waals surface area (Å²) in [5.74, 6) is -4.36. The first kappa shape index (κ1) is 17.1. The van der Waals surface area contributed by atoms with E-state index < -0.39 is 29.4 Å². The van der Waals surface area contributed by atoms with Crippen molar-refractivity contribution in [3.63, 3.8) is 0 Å². The molecule has 25 heavy (non-hydrogen) atoms. The van der Waals surface area contributed by atoms with E-state index in [0.29, 0.717) is 0 Å². The van der Waals surface area contributed by atoms with Gasteiger partial charge in [-0.15, -0.1) is 0 Å². The number of carbonyl (C=O) groups excluding carboxylic acids is 1. The third-order valence-corrected chi connectivity index (χ3v) is 4.63. The Bertz CT molecular complexity index is 823. The number of rotatable bonds is 3. The van der Waals surface area contributed by atoms with Crippen LogP contribution in [0.2, 0.25) is 0 Å². The van der Waals surface area contributed by atoms with Gasteiger partial charge in [0.25, 0.3) is 5.91 Å². The summed E-state index contributed by atoms with van der Waals surface area (Å²) in [6.07, 6.45) is 0. The largest absolute Gasteiger partial charge is 0.481 e. The van der Waals surface area contributed by atoms with Gasteiger partial charge in [-0.1, -0.05) is 30.3 Å². The highest BCUT2D eigenvalue weighted by Crippen LogP contribution is 2.34. The molecule has 0 unspecified atom stereocenters. The Hall–Kier alpha value is -2.76. The number of nitrogens with zero attached hydrogens (tertiary/aromatic N) is 1. The van der Waals surface area contributed by atoms with Gasteiger partial charge < -0.3 is 10.0 Å². The Morgan fingerprint density at radius 3 is 2.40 bits per heavy atom. The van der Waals surface area contributed by atoms with Crippen molar-refractivity contribution in [1.29, 1.82) is 0 Å². The smallest absolute Gasteiger partial charge is 0.308 e. The highest BCUT2D eigenvalue weighted by Gasteiger charge is 2.41. The highest BCUT2D eigenvalue weighted by molar-refractivity contribution is 5.95. The molecular formula is C19H17F2NO3. The Balaban J connectivity index is 1.90. The first-order valence-electron chi connectivity index (χ1n) is 7.91. The molecule has 1 fully saturated rings. The molecule has 0 aromatic heterocycles. The lowest BCUT2D eigenvalue weighted by atomic mass is 9.89. The SMILES string of the molecule is Cc1cc(F)c(C(=O)N2C[C@H](C(=O)O)[C@H](c3ccccc3)C2)cc1F. The van der Waals surface area contributed by atoms with Crippen molar-refractivity contribution in [2.45, 2.75) is 12.8 Å². The van der Waals surface area contributed by atoms with Gasteiger partial charge in [-0.2, -0.15) is 0 Å². The molecule has 0 radical (unpaired) electrons. The van der Waals surface area contributed by atoms with Crippen LogP contribution in [0.5, 0.6) is 0 Å². The van der Waals surface area contributed by atoms with Crippen LogP contribution >= 0.6 is 0 Å². The number of halogens is 2. The van der Waals surface area contributed by atoms with E-state index in [4.69, 9.17) is 0 Å². The van der Waals surface area contributed by atoms with Crippen molar-refractivity contribution in [2.24, 2.45) is 5.92 Å². The second-order valence-corrected chi connectivity index (χ2v) is 6.25. The molecule has 1 saturated heterocycles. The minimum Gasteiger partial charge on any atom is -0.481 e. The van der Waals surface area contributed by atoms with Crippen molar-refractivity contribution in [1.82, 2.24) is 4.90 Å². The second kappa shape index (κ2) is 6.63. The van der Waals surface area contributed by atoms with Gasteiger partial charge in [-0.05, 0) is 30.2 Å². The first-order valence-corrected chi connectivity index (χ1v) is 7.91. The number of amides is 1. The normalized spacial score (nSPS) is 19.9. The van der Waals surface area contributed by atoms with E-state index >= 15 is 0 Å². The lowest BCUT2D eigenvalue weighted by Gasteiger charge is -2.17. The van der Waals surface area contributed by atoms with E-state index in [1.165, 1.54) is 11.8 Å². The van der Waals surface area contributed by atoms with Crippen molar-refractivity contribution >= 4 is 11.9 Å². The van der Waals surface area contributed by atoms with E-state index in [1.807, 2.05) is 6.07 Å². The maximum Gasteiger partial charge on any atom is 0.308 e. The molecule has 0 aliphatic carbocycles. The highest BCUT2D eigenvalue weighted by atomic mass is 19.1. The van der Waals surface area contributed by atoms with E-state index in [1.54, 1.807) is 24.3 Å². The van der Waals surface area contributed by atoms with Gasteiger partial charge in [0.1, 0.15) is 11.6 Å². The molecule has 4 nitrogen and oxygen atoms in total. The number of hydrogen-bond donors (Lipinski definition) is 1. The molecule has 0 saturated carbocycles. The summed E-state index contributed by atoms with van der Waals surface area (Å²) in [4.78, 5) is 25.5. The number of aryl methyl sites for hydroxylation is 1. The molecule has 2 atom stereocenters. The molecular weight excluding hydrogens is 328 g/mol. The molecule has 6 heteroatoms. The number of carboxylic acid groups (broad SMARTS) is 1. The molecule has 2 aromatic rings. The standard InChI is InChI=1S/C19H17F2NO3/c1-11-7-17(21)13(8-16(11)20)18(23)22-9-14(15(10-22)19(24)25)12-5-3-2-4-6-12/h2-8,14-15H,9-10H2,1H3,(H,24,25)/t14-,15-/m0/s1. The second-order valence-electron chi connectivity index (χ2n) is 6.25. The van der Waals surface area contributed by atoms with Crippen LogP contribution in [0.4, 0.5) is 8.78 Å². The molecule has 0 spiro atoms. The van der Waals surface area contributed by atoms with Gasteiger partial charge in [-0.3, -0.25) is 9.59 Å². The molecule has 1 aliphatic rings. The van der Waals surface area contributed by atoms with Gasteiger partial charge in [0.15, 0.2) is 0 Å². The summed E-state index contributed by atoms with van der Waals surface area (Å²) in [6, 6.07) is 10.9. The monoisotopic (exact) mass is 345 g/mol. The summed E-state index contributed by atoms with van der Waals surface area (Å²) in [5, 5.41) is 9.48. The van der Waals surface area contributed by atoms with Crippen LogP contribution in [0.15, 0.2) is 42.5 Å². The number of hydrogen-bond acceptors (Lipinski definition) is 2. The zero-order chi connectivity index (χ0) is 18.1. The maximum atomic E-state index is 14.1. The van der Waals surface area contributed by atoms with Gasteiger partial charge >= 0.3 is 5.97 Å². The third kappa shape index (κ3) is 3.24. The fourth-order valence-corrected chi connectivity index (χ4v) is 3.24. The molecule has 1 heterocycles. The number of benzene rings is 2. The predicted octanol–water partition coefficient (Wildman–Crippen LogP) is 3.21. The zero-order valence-corrected chi connectivity index (χ0v) is 13.6. The summed E-state index contributed by atoms with van der Waals surface area (Å²) in [5.41, 5.74) is 0.544. The number of aliphatic carboxylic acids is 1. The van der Waals surface area contributed by atoms with Crippen LogP contribution in [-0.4, -0.2) is 35.0 Å². The average Bonchev–Trinajstić information content (AvgIpc) is 3.04. The van der Waals surface area contributed by atoms with Crippen LogP contribution in [0.25, 0.3) is 0 Å². The minimum absolute atomic E-state index is 0.0390. The summed E-state index contributed by atoms with van der Waals surface area (Å²) >= 11 is 0. The van der Waals surface area contributed by atoms with E-state index in [9.17, 15) is 23.5 Å². The van der Waals surface area contributed by atoms with Crippen LogP contribution in [-0.2, 0) is 4.79 Å². The van der Waals surface area contributed by atoms with Gasteiger partial charge in [0.05, 0.1) is 11.5 Å². The van der Waals surface area contributed by atoms with Crippen LogP contribution in [0, 0.1) is 24.5 Å². The van der Waals surface area contributed by atoms with E-state index in [0.717, 1.165) is 17.7 Å². The maximum absolute atomic E-state index is 14.1. The van der Waals surface area contributed by atoms with E-state index in [2.05, 4.69) is 0 Å². The molecule has 3 rings (SSSR count). The summed E-state index contributed by atoms with van der Waals surface area (Å²) < 4.78 is 27.8. The lowest BCUT2D eigenvalue weighted by molar-refractivity contribution is -0.141. The van der Waals surface area contributed by atoms with Crippen LogP contribution < -0.4 is 0 Å². The van der Waals surface area contributed by atoms with Crippen LogP contribution in [0.1, 0.15) is 27.4 Å². The summed E-state index contributed by atoms with van der Waals surface area (Å²) in [7, 11) is 0. The zero-order valence-electron chi connectivity index (χ0n) is 13.6. The Kier molecular flexibility index (Phi) is 4.53. The van der Waals surface area contributed by atoms with Crippen molar-refractivity contribution < 1.29 is 23.5 Å². The fourth-order valence-electron chi connectivity index (χ4n) is 3.24. The Morgan fingerprint density at radius 2 is 1.76 bits per heavy atom. The molecule has 1 amide bonds. The van der Waals surface area contributed by atoms with Crippen molar-refractivity contribution in [2.75, 3.05) is 13.1 Å². The predicted molar refractivity (Wildman–Crippen MR) is 87.3 cm³/mol. The minimum atomic E-state index is -1.01. The lowest BCUT2D eigenvalue weighted by Crippen LogP contribution is -2.30. The van der Waals surface area contributed by atoms with Crippen molar-refractivity contribution in [3.05, 3.63) is 70.8 Å². The van der Waals surface area contributed by atoms with E-state index in [-0.39, 0.29) is 30.1 Å². The Labute approximate surface area is 143 Å². The number of carboxylic acids is 1. The van der Waals surface area contributed by atoms with Gasteiger partial charge in [0.2, 0.25) is 0 Å². The molecule has 0 bridgehead atoms. The molecule has 2 aromatic carbocycles. The number of carbonyl (C=O) groups is 2. The quantitative estimate of drug-likeness (QED) is 0.929. The van der Waals surface area contributed by atoms with Gasteiger partial charge in [0, 0.05) is 19.0 Å². The fraction of sp³-hybridized carbons (Fsp3) is 0.263. The topological polar surface area (TPSA) is 57.6 Å². The molecule has 130 valence electrons. The number of likely N-dealkylation sites (tertiary alicyclic amines) is 1.